The van der Waals surface area contributed by atoms with Crippen LogP contribution in [0.25, 0.3) is 77.2 Å². The summed E-state index contributed by atoms with van der Waals surface area (Å²) in [6.07, 6.45) is 0. The lowest BCUT2D eigenvalue weighted by molar-refractivity contribution is 1.18. The van der Waals surface area contributed by atoms with Crippen molar-refractivity contribution in [2.45, 2.75) is 0 Å². The summed E-state index contributed by atoms with van der Waals surface area (Å²) in [5.41, 5.74) is 11.6. The van der Waals surface area contributed by atoms with E-state index in [1.165, 1.54) is 0 Å². The fraction of sp³-hybridized carbons (Fsp3) is 0. The molecule has 0 amide bonds. The molecular weight excluding hydrogens is 611 g/mol. The highest BCUT2D eigenvalue weighted by atomic mass is 15.0. The van der Waals surface area contributed by atoms with Crippen molar-refractivity contribution in [2.75, 3.05) is 0 Å². The predicted octanol–water partition coefficient (Wildman–Crippen LogP) is 10.8. The van der Waals surface area contributed by atoms with Crippen molar-refractivity contribution in [2.24, 2.45) is 0 Å². The van der Waals surface area contributed by atoms with Gasteiger partial charge in [0.2, 0.25) is 0 Å². The highest BCUT2D eigenvalue weighted by Gasteiger charge is 2.19. The Morgan fingerprint density at radius 3 is 1.46 bits per heavy atom. The molecule has 0 N–H and O–H groups in total. The summed E-state index contributed by atoms with van der Waals surface area (Å²) < 4.78 is 4.47. The second-order valence-electron chi connectivity index (χ2n) is 12.3. The van der Waals surface area contributed by atoms with Crippen LogP contribution in [0.3, 0.4) is 0 Å². The first kappa shape index (κ1) is 28.8. The monoisotopic (exact) mass is 635 g/mol. The first-order valence-corrected chi connectivity index (χ1v) is 16.3. The molecule has 0 aliphatic heterocycles. The number of aromatic nitrogens is 2. The number of para-hydroxylation sites is 3. The van der Waals surface area contributed by atoms with E-state index >= 15 is 0 Å². The molecule has 0 spiro atoms. The third kappa shape index (κ3) is 4.38. The number of fused-ring (bicyclic) bond motifs is 6. The van der Waals surface area contributed by atoms with Gasteiger partial charge in [0, 0.05) is 32.8 Å². The van der Waals surface area contributed by atoms with Crippen LogP contribution in [-0.2, 0) is 0 Å². The van der Waals surface area contributed by atoms with Crippen molar-refractivity contribution in [3.05, 3.63) is 168 Å². The number of nitriles is 3. The van der Waals surface area contributed by atoms with Gasteiger partial charge in [0.05, 0.1) is 62.7 Å². The van der Waals surface area contributed by atoms with E-state index in [1.54, 1.807) is 0 Å². The van der Waals surface area contributed by atoms with Crippen molar-refractivity contribution in [3.63, 3.8) is 0 Å². The molecule has 0 unspecified atom stereocenters. The zero-order chi connectivity index (χ0) is 33.8. The standard InChI is InChI=1S/C45H25N5/c46-26-29-13-20-34(38-21-14-31(28-48)25-45(38)50-42-11-5-1-7-35(42)36-8-2-6-12-43(36)50)39(23-29)32-16-18-33(19-17-32)49-41-10-4-3-9-37(41)40-24-30(27-47)15-22-44(40)49/h1-25H. The van der Waals surface area contributed by atoms with Crippen molar-refractivity contribution in [3.8, 4) is 51.8 Å². The van der Waals surface area contributed by atoms with Crippen LogP contribution >= 0.6 is 0 Å². The van der Waals surface area contributed by atoms with E-state index < -0.39 is 0 Å². The Balaban J connectivity index is 1.25. The van der Waals surface area contributed by atoms with Crippen LogP contribution in [0.5, 0.6) is 0 Å². The minimum absolute atomic E-state index is 0.565. The van der Waals surface area contributed by atoms with E-state index in [2.05, 4.69) is 100 Å². The van der Waals surface area contributed by atoms with Crippen LogP contribution in [0.15, 0.2) is 152 Å². The minimum atomic E-state index is 0.565. The van der Waals surface area contributed by atoms with Gasteiger partial charge >= 0.3 is 0 Å². The molecule has 0 aliphatic rings. The molecule has 0 saturated heterocycles. The van der Waals surface area contributed by atoms with E-state index in [-0.39, 0.29) is 0 Å². The van der Waals surface area contributed by atoms with Gasteiger partial charge < -0.3 is 9.13 Å². The molecule has 0 radical (unpaired) electrons. The molecule has 0 atom stereocenters. The molecule has 0 saturated carbocycles. The first-order chi connectivity index (χ1) is 24.7. The van der Waals surface area contributed by atoms with Crippen molar-refractivity contribution in [1.29, 1.82) is 15.8 Å². The molecule has 5 heteroatoms. The summed E-state index contributed by atoms with van der Waals surface area (Å²) >= 11 is 0. The summed E-state index contributed by atoms with van der Waals surface area (Å²) in [6, 6.07) is 57.8. The Bertz CT molecular complexity index is 2900. The summed E-state index contributed by atoms with van der Waals surface area (Å²) in [6.45, 7) is 0. The average Bonchev–Trinajstić information content (AvgIpc) is 3.70. The molecule has 2 heterocycles. The van der Waals surface area contributed by atoms with Crippen molar-refractivity contribution < 1.29 is 0 Å². The Morgan fingerprint density at radius 2 is 0.840 bits per heavy atom. The van der Waals surface area contributed by atoms with Gasteiger partial charge in [-0.2, -0.15) is 15.8 Å². The fourth-order valence-corrected chi connectivity index (χ4v) is 7.39. The van der Waals surface area contributed by atoms with Gasteiger partial charge in [-0.1, -0.05) is 78.9 Å². The van der Waals surface area contributed by atoms with Crippen LogP contribution in [-0.4, -0.2) is 9.13 Å². The molecule has 7 aromatic carbocycles. The molecule has 230 valence electrons. The van der Waals surface area contributed by atoms with Gasteiger partial charge in [0.1, 0.15) is 0 Å². The molecular formula is C45H25N5. The molecule has 9 rings (SSSR count). The van der Waals surface area contributed by atoms with Gasteiger partial charge in [-0.15, -0.1) is 0 Å². The van der Waals surface area contributed by atoms with E-state index in [0.717, 1.165) is 77.2 Å². The van der Waals surface area contributed by atoms with E-state index in [1.807, 2.05) is 78.9 Å². The van der Waals surface area contributed by atoms with E-state index in [9.17, 15) is 15.8 Å². The second-order valence-corrected chi connectivity index (χ2v) is 12.3. The number of benzene rings is 7. The fourth-order valence-electron chi connectivity index (χ4n) is 7.39. The SMILES string of the molecule is N#Cc1ccc(-c2ccc(C#N)cc2-n2c3ccccc3c3ccccc32)c(-c2ccc(-n3c4ccccc4c4cc(C#N)ccc43)cc2)c1. The Kier molecular flexibility index (Phi) is 6.56. The van der Waals surface area contributed by atoms with Crippen molar-refractivity contribution >= 4 is 43.6 Å². The minimum Gasteiger partial charge on any atom is -0.309 e. The highest BCUT2D eigenvalue weighted by Crippen LogP contribution is 2.41. The maximum Gasteiger partial charge on any atom is 0.0992 e. The maximum absolute atomic E-state index is 10.00. The van der Waals surface area contributed by atoms with Crippen molar-refractivity contribution in [1.82, 2.24) is 9.13 Å². The Hall–Kier alpha value is -7.39. The van der Waals surface area contributed by atoms with Crippen LogP contribution in [0, 0.1) is 34.0 Å². The summed E-state index contributed by atoms with van der Waals surface area (Å²) in [4.78, 5) is 0. The van der Waals surface area contributed by atoms with Crippen LogP contribution in [0.2, 0.25) is 0 Å². The number of nitrogens with zero attached hydrogens (tertiary/aromatic N) is 5. The molecule has 50 heavy (non-hydrogen) atoms. The van der Waals surface area contributed by atoms with Gasteiger partial charge in [-0.25, -0.2) is 0 Å². The topological polar surface area (TPSA) is 81.2 Å². The number of rotatable bonds is 4. The third-order valence-electron chi connectivity index (χ3n) is 9.62. The predicted molar refractivity (Wildman–Crippen MR) is 200 cm³/mol. The highest BCUT2D eigenvalue weighted by molar-refractivity contribution is 6.11. The lowest BCUT2D eigenvalue weighted by Gasteiger charge is -2.18. The molecule has 0 bridgehead atoms. The molecule has 0 aliphatic carbocycles. The first-order valence-electron chi connectivity index (χ1n) is 16.3. The third-order valence-corrected chi connectivity index (χ3v) is 9.62. The molecule has 2 aromatic heterocycles. The van der Waals surface area contributed by atoms with Crippen LogP contribution < -0.4 is 0 Å². The summed E-state index contributed by atoms with van der Waals surface area (Å²) in [7, 11) is 0. The molecule has 5 nitrogen and oxygen atoms in total. The summed E-state index contributed by atoms with van der Waals surface area (Å²) in [5, 5.41) is 33.9. The molecule has 0 fully saturated rings. The quantitative estimate of drug-likeness (QED) is 0.193. The number of hydrogen-bond acceptors (Lipinski definition) is 3. The zero-order valence-corrected chi connectivity index (χ0v) is 26.7. The summed E-state index contributed by atoms with van der Waals surface area (Å²) in [5.74, 6) is 0. The van der Waals surface area contributed by atoms with E-state index in [0.29, 0.717) is 16.7 Å². The normalized spacial score (nSPS) is 11.1. The number of hydrogen-bond donors (Lipinski definition) is 0. The van der Waals surface area contributed by atoms with E-state index in [4.69, 9.17) is 0 Å². The van der Waals surface area contributed by atoms with Crippen LogP contribution in [0.1, 0.15) is 16.7 Å². The maximum atomic E-state index is 10.00. The molecule has 9 aromatic rings. The smallest absolute Gasteiger partial charge is 0.0992 e. The van der Waals surface area contributed by atoms with Gasteiger partial charge in [0.25, 0.3) is 0 Å². The largest absolute Gasteiger partial charge is 0.309 e. The Labute approximate surface area is 287 Å². The lowest BCUT2D eigenvalue weighted by atomic mass is 9.91. The van der Waals surface area contributed by atoms with Gasteiger partial charge in [-0.05, 0) is 89.5 Å². The Morgan fingerprint density at radius 1 is 0.360 bits per heavy atom. The lowest BCUT2D eigenvalue weighted by Crippen LogP contribution is -1.99. The zero-order valence-electron chi connectivity index (χ0n) is 26.7. The van der Waals surface area contributed by atoms with Gasteiger partial charge in [0.15, 0.2) is 0 Å². The van der Waals surface area contributed by atoms with Gasteiger partial charge in [-0.3, -0.25) is 0 Å². The average molecular weight is 636 g/mol. The van der Waals surface area contributed by atoms with Crippen LogP contribution in [0.4, 0.5) is 0 Å². The second kappa shape index (κ2) is 11.4.